The molecule has 1 amide bonds. The number of nitrogens with zero attached hydrogens (tertiary/aromatic N) is 2. The number of hydrogen-bond donors (Lipinski definition) is 2. The second-order valence-corrected chi connectivity index (χ2v) is 7.89. The van der Waals surface area contributed by atoms with Crippen LogP contribution in [0.15, 0.2) is 5.38 Å². The minimum absolute atomic E-state index is 0. The van der Waals surface area contributed by atoms with E-state index in [1.165, 1.54) is 5.69 Å². The quantitative estimate of drug-likeness (QED) is 0.756. The topological polar surface area (TPSA) is 66.5 Å². The minimum atomic E-state index is -0.216. The monoisotopic (exact) mass is 424 g/mol. The van der Waals surface area contributed by atoms with Crippen LogP contribution in [0.4, 0.5) is 0 Å². The SMILES string of the molecule is Cc1nc(CN2CCC(CNC(=O)[C@H]3NCCO[C@@H]3C)CC2)cs1.Cl.Cl. The minimum Gasteiger partial charge on any atom is -0.375 e. The summed E-state index contributed by atoms with van der Waals surface area (Å²) in [5.41, 5.74) is 1.18. The highest BCUT2D eigenvalue weighted by molar-refractivity contribution is 7.09. The average Bonchev–Trinajstić information content (AvgIpc) is 2.99. The number of carbonyl (C=O) groups excluding carboxylic acids is 1. The number of piperidine rings is 1. The van der Waals surface area contributed by atoms with Crippen LogP contribution < -0.4 is 10.6 Å². The highest BCUT2D eigenvalue weighted by atomic mass is 35.5. The van der Waals surface area contributed by atoms with Crippen molar-refractivity contribution >= 4 is 42.1 Å². The number of thiazole rings is 1. The molecule has 1 aromatic rings. The van der Waals surface area contributed by atoms with Gasteiger partial charge in [0.25, 0.3) is 0 Å². The third-order valence-corrected chi connectivity index (χ3v) is 5.75. The van der Waals surface area contributed by atoms with E-state index in [9.17, 15) is 4.79 Å². The zero-order valence-corrected chi connectivity index (χ0v) is 17.9. The van der Waals surface area contributed by atoms with Gasteiger partial charge in [0, 0.05) is 25.0 Å². The zero-order chi connectivity index (χ0) is 16.9. The van der Waals surface area contributed by atoms with E-state index in [-0.39, 0.29) is 42.9 Å². The zero-order valence-electron chi connectivity index (χ0n) is 15.4. The molecule has 3 rings (SSSR count). The lowest BCUT2D eigenvalue weighted by Crippen LogP contribution is -2.56. The van der Waals surface area contributed by atoms with Crippen molar-refractivity contribution in [2.75, 3.05) is 32.8 Å². The summed E-state index contributed by atoms with van der Waals surface area (Å²) < 4.78 is 5.54. The molecule has 0 aromatic carbocycles. The Morgan fingerprint density at radius 2 is 2.15 bits per heavy atom. The lowest BCUT2D eigenvalue weighted by molar-refractivity contribution is -0.129. The number of likely N-dealkylation sites (tertiary alicyclic amines) is 1. The molecule has 0 saturated carbocycles. The van der Waals surface area contributed by atoms with Gasteiger partial charge in [0.2, 0.25) is 5.91 Å². The van der Waals surface area contributed by atoms with E-state index < -0.39 is 0 Å². The van der Waals surface area contributed by atoms with Crippen LogP contribution in [0.2, 0.25) is 0 Å². The molecule has 0 spiro atoms. The van der Waals surface area contributed by atoms with Crippen LogP contribution in [0.5, 0.6) is 0 Å². The van der Waals surface area contributed by atoms with Crippen LogP contribution in [0, 0.1) is 12.8 Å². The number of aryl methyl sites for hydroxylation is 1. The molecule has 0 unspecified atom stereocenters. The van der Waals surface area contributed by atoms with E-state index in [2.05, 4.69) is 32.8 Å². The first-order valence-corrected chi connectivity index (χ1v) is 9.76. The molecular weight excluding hydrogens is 395 g/mol. The number of hydrogen-bond acceptors (Lipinski definition) is 6. The van der Waals surface area contributed by atoms with Crippen molar-refractivity contribution in [2.24, 2.45) is 5.92 Å². The fourth-order valence-corrected chi connectivity index (χ4v) is 4.04. The average molecular weight is 425 g/mol. The first-order valence-electron chi connectivity index (χ1n) is 8.88. The summed E-state index contributed by atoms with van der Waals surface area (Å²) in [6.45, 7) is 9.32. The van der Waals surface area contributed by atoms with Gasteiger partial charge in [-0.15, -0.1) is 36.2 Å². The predicted octanol–water partition coefficient (Wildman–Crippen LogP) is 2.00. The van der Waals surface area contributed by atoms with Crippen molar-refractivity contribution in [3.63, 3.8) is 0 Å². The molecule has 9 heteroatoms. The maximum atomic E-state index is 12.3. The number of aromatic nitrogens is 1. The predicted molar refractivity (Wildman–Crippen MR) is 110 cm³/mol. The molecule has 2 aliphatic heterocycles. The Labute approximate surface area is 172 Å². The van der Waals surface area contributed by atoms with Crippen molar-refractivity contribution in [1.82, 2.24) is 20.5 Å². The standard InChI is InChI=1S/C17H28N4O2S.2ClH/c1-12-16(18-5-8-23-12)17(22)19-9-14-3-6-21(7-4-14)10-15-11-24-13(2)20-15;;/h11-12,14,16,18H,3-10H2,1-2H3,(H,19,22);2*1H/t12-,16+;;/m1../s1. The van der Waals surface area contributed by atoms with Crippen LogP contribution in [0.25, 0.3) is 0 Å². The second-order valence-electron chi connectivity index (χ2n) is 6.83. The van der Waals surface area contributed by atoms with Gasteiger partial charge in [-0.1, -0.05) is 0 Å². The highest BCUT2D eigenvalue weighted by Gasteiger charge is 2.29. The molecule has 1 aromatic heterocycles. The van der Waals surface area contributed by atoms with Crippen LogP contribution in [0.1, 0.15) is 30.5 Å². The van der Waals surface area contributed by atoms with E-state index in [1.807, 2.05) is 6.92 Å². The molecule has 2 atom stereocenters. The van der Waals surface area contributed by atoms with Gasteiger partial charge in [0.1, 0.15) is 6.04 Å². The van der Waals surface area contributed by atoms with Crippen molar-refractivity contribution in [3.8, 4) is 0 Å². The Balaban J connectivity index is 0.00000169. The van der Waals surface area contributed by atoms with Gasteiger partial charge in [0.15, 0.2) is 0 Å². The van der Waals surface area contributed by atoms with Crippen LogP contribution in [-0.4, -0.2) is 60.7 Å². The van der Waals surface area contributed by atoms with E-state index in [0.29, 0.717) is 12.5 Å². The number of ether oxygens (including phenoxy) is 1. The van der Waals surface area contributed by atoms with Crippen LogP contribution >= 0.6 is 36.2 Å². The molecule has 26 heavy (non-hydrogen) atoms. The fraction of sp³-hybridized carbons (Fsp3) is 0.765. The summed E-state index contributed by atoms with van der Waals surface area (Å²) in [4.78, 5) is 19.3. The Kier molecular flexibility index (Phi) is 10.4. The smallest absolute Gasteiger partial charge is 0.239 e. The number of amides is 1. The van der Waals surface area contributed by atoms with Crippen molar-refractivity contribution in [2.45, 2.75) is 45.4 Å². The molecule has 150 valence electrons. The summed E-state index contributed by atoms with van der Waals surface area (Å²) in [5, 5.41) is 9.64. The van der Waals surface area contributed by atoms with Crippen LogP contribution in [-0.2, 0) is 16.1 Å². The number of nitrogens with one attached hydrogen (secondary N) is 2. The first kappa shape index (κ1) is 23.6. The number of carbonyl (C=O) groups is 1. The van der Waals surface area contributed by atoms with E-state index in [0.717, 1.165) is 50.6 Å². The number of morpholine rings is 1. The maximum absolute atomic E-state index is 12.3. The van der Waals surface area contributed by atoms with Gasteiger partial charge in [-0.2, -0.15) is 0 Å². The van der Waals surface area contributed by atoms with Gasteiger partial charge in [-0.25, -0.2) is 4.98 Å². The first-order chi connectivity index (χ1) is 11.6. The summed E-state index contributed by atoms with van der Waals surface area (Å²) in [7, 11) is 0. The third kappa shape index (κ3) is 6.62. The molecule has 6 nitrogen and oxygen atoms in total. The molecule has 2 N–H and O–H groups in total. The normalized spacial score (nSPS) is 24.4. The number of rotatable bonds is 5. The Morgan fingerprint density at radius 3 is 2.77 bits per heavy atom. The molecule has 3 heterocycles. The highest BCUT2D eigenvalue weighted by Crippen LogP contribution is 2.19. The van der Waals surface area contributed by atoms with Gasteiger partial charge in [0.05, 0.1) is 23.4 Å². The largest absolute Gasteiger partial charge is 0.375 e. The Bertz CT molecular complexity index is 553. The fourth-order valence-electron chi connectivity index (χ4n) is 3.44. The molecule has 0 aliphatic carbocycles. The van der Waals surface area contributed by atoms with E-state index in [4.69, 9.17) is 4.74 Å². The molecule has 0 bridgehead atoms. The Hall–Kier alpha value is -0.440. The molecular formula is C17H30Cl2N4O2S. The second kappa shape index (κ2) is 11.4. The van der Waals surface area contributed by atoms with Crippen molar-refractivity contribution in [1.29, 1.82) is 0 Å². The van der Waals surface area contributed by atoms with Crippen molar-refractivity contribution in [3.05, 3.63) is 16.1 Å². The van der Waals surface area contributed by atoms with E-state index in [1.54, 1.807) is 11.3 Å². The van der Waals surface area contributed by atoms with Crippen LogP contribution in [0.3, 0.4) is 0 Å². The van der Waals surface area contributed by atoms with Gasteiger partial charge >= 0.3 is 0 Å². The summed E-state index contributed by atoms with van der Waals surface area (Å²) in [6.07, 6.45) is 2.21. The van der Waals surface area contributed by atoms with Crippen molar-refractivity contribution < 1.29 is 9.53 Å². The molecule has 2 aliphatic rings. The van der Waals surface area contributed by atoms with E-state index >= 15 is 0 Å². The molecule has 2 saturated heterocycles. The lowest BCUT2D eigenvalue weighted by Gasteiger charge is -2.33. The van der Waals surface area contributed by atoms with Gasteiger partial charge < -0.3 is 15.4 Å². The summed E-state index contributed by atoms with van der Waals surface area (Å²) in [5.74, 6) is 0.643. The van der Waals surface area contributed by atoms with Gasteiger partial charge in [-0.05, 0) is 45.7 Å². The lowest BCUT2D eigenvalue weighted by atomic mass is 9.96. The third-order valence-electron chi connectivity index (χ3n) is 4.92. The van der Waals surface area contributed by atoms with Gasteiger partial charge in [-0.3, -0.25) is 9.69 Å². The molecule has 2 fully saturated rings. The summed E-state index contributed by atoms with van der Waals surface area (Å²) >= 11 is 1.72. The molecule has 0 radical (unpaired) electrons. The summed E-state index contributed by atoms with van der Waals surface area (Å²) in [6, 6.07) is -0.216. The Morgan fingerprint density at radius 1 is 1.42 bits per heavy atom. The maximum Gasteiger partial charge on any atom is 0.239 e. The number of halogens is 2.